The standard InChI is InChI=1S/C25H34N2O4/c1-26(2)16-9-5-14(6-10-16)20-22(28)18(23(20)29)13-19-24(30)21(25(19)31)15-7-11-17(12-8-15)27(3)4/h5-12,18-25,28-31H,13H2,1-4H3. The van der Waals surface area contributed by atoms with E-state index in [0.29, 0.717) is 6.42 Å². The van der Waals surface area contributed by atoms with Gasteiger partial charge in [-0.25, -0.2) is 0 Å². The highest BCUT2D eigenvalue weighted by Crippen LogP contribution is 2.51. The number of benzene rings is 2. The molecule has 2 aromatic carbocycles. The molecule has 2 aliphatic rings. The maximum absolute atomic E-state index is 10.7. The van der Waals surface area contributed by atoms with Crippen molar-refractivity contribution in [1.82, 2.24) is 0 Å². The molecular weight excluding hydrogens is 392 g/mol. The van der Waals surface area contributed by atoms with Gasteiger partial charge in [0, 0.05) is 63.2 Å². The van der Waals surface area contributed by atoms with Crippen molar-refractivity contribution in [2.75, 3.05) is 38.0 Å². The maximum Gasteiger partial charge on any atom is 0.0686 e. The third-order valence-electron chi connectivity index (χ3n) is 7.36. The second kappa shape index (κ2) is 8.43. The molecule has 0 amide bonds. The average Bonchev–Trinajstić information content (AvgIpc) is 2.75. The minimum absolute atomic E-state index is 0.329. The molecule has 2 fully saturated rings. The number of aliphatic hydroxyl groups is 4. The first-order valence-electron chi connectivity index (χ1n) is 11.0. The molecule has 168 valence electrons. The topological polar surface area (TPSA) is 87.4 Å². The van der Waals surface area contributed by atoms with Crippen LogP contribution in [-0.2, 0) is 0 Å². The Morgan fingerprint density at radius 3 is 1.10 bits per heavy atom. The van der Waals surface area contributed by atoms with Crippen molar-refractivity contribution in [2.24, 2.45) is 11.8 Å². The zero-order valence-electron chi connectivity index (χ0n) is 18.6. The Hall–Kier alpha value is -2.12. The second-order valence-corrected chi connectivity index (χ2v) is 9.55. The van der Waals surface area contributed by atoms with Gasteiger partial charge in [0.1, 0.15) is 0 Å². The van der Waals surface area contributed by atoms with Crippen molar-refractivity contribution in [3.63, 3.8) is 0 Å². The summed E-state index contributed by atoms with van der Waals surface area (Å²) in [5.41, 5.74) is 3.95. The van der Waals surface area contributed by atoms with Crippen molar-refractivity contribution >= 4 is 11.4 Å². The van der Waals surface area contributed by atoms with Gasteiger partial charge in [0.2, 0.25) is 0 Å². The van der Waals surface area contributed by atoms with Crippen LogP contribution in [0, 0.1) is 11.8 Å². The van der Waals surface area contributed by atoms with Crippen molar-refractivity contribution < 1.29 is 20.4 Å². The summed E-state index contributed by atoms with van der Waals surface area (Å²) in [5.74, 6) is -1.34. The van der Waals surface area contributed by atoms with E-state index < -0.39 is 24.4 Å². The van der Waals surface area contributed by atoms with Crippen molar-refractivity contribution in [2.45, 2.75) is 42.7 Å². The summed E-state index contributed by atoms with van der Waals surface area (Å²) < 4.78 is 0. The van der Waals surface area contributed by atoms with Gasteiger partial charge in [0.25, 0.3) is 0 Å². The highest BCUT2D eigenvalue weighted by molar-refractivity contribution is 5.48. The average molecular weight is 427 g/mol. The molecule has 4 unspecified atom stereocenters. The van der Waals surface area contributed by atoms with Crippen LogP contribution in [0.4, 0.5) is 11.4 Å². The van der Waals surface area contributed by atoms with Crippen molar-refractivity contribution in [3.8, 4) is 0 Å². The number of aliphatic hydroxyl groups excluding tert-OH is 4. The van der Waals surface area contributed by atoms with Gasteiger partial charge in [-0.3, -0.25) is 0 Å². The van der Waals surface area contributed by atoms with Gasteiger partial charge in [0.15, 0.2) is 0 Å². The monoisotopic (exact) mass is 426 g/mol. The first kappa shape index (κ1) is 22.1. The van der Waals surface area contributed by atoms with E-state index in [-0.39, 0.29) is 23.7 Å². The van der Waals surface area contributed by atoms with E-state index in [1.165, 1.54) is 0 Å². The summed E-state index contributed by atoms with van der Waals surface area (Å²) in [5, 5.41) is 43.0. The fourth-order valence-electron chi connectivity index (χ4n) is 5.23. The van der Waals surface area contributed by atoms with E-state index in [2.05, 4.69) is 0 Å². The van der Waals surface area contributed by atoms with Gasteiger partial charge in [-0.15, -0.1) is 0 Å². The van der Waals surface area contributed by atoms with Gasteiger partial charge in [-0.1, -0.05) is 24.3 Å². The molecule has 0 saturated heterocycles. The fourth-order valence-corrected chi connectivity index (χ4v) is 5.23. The molecule has 0 radical (unpaired) electrons. The number of hydrogen-bond acceptors (Lipinski definition) is 6. The summed E-state index contributed by atoms with van der Waals surface area (Å²) in [4.78, 5) is 4.01. The van der Waals surface area contributed by atoms with E-state index in [1.807, 2.05) is 86.5 Å². The van der Waals surface area contributed by atoms with Crippen LogP contribution in [0.2, 0.25) is 0 Å². The van der Waals surface area contributed by atoms with Crippen LogP contribution in [0.3, 0.4) is 0 Å². The van der Waals surface area contributed by atoms with E-state index in [9.17, 15) is 20.4 Å². The number of hydrogen-bond donors (Lipinski definition) is 4. The molecule has 6 heteroatoms. The van der Waals surface area contributed by atoms with Crippen LogP contribution < -0.4 is 9.80 Å². The quantitative estimate of drug-likeness (QED) is 0.563. The minimum Gasteiger partial charge on any atom is -0.392 e. The molecule has 0 heterocycles. The zero-order valence-corrected chi connectivity index (χ0v) is 18.6. The molecule has 0 spiro atoms. The van der Waals surface area contributed by atoms with Crippen LogP contribution in [0.1, 0.15) is 29.4 Å². The number of nitrogens with zero attached hydrogens (tertiary/aromatic N) is 2. The summed E-state index contributed by atoms with van der Waals surface area (Å²) in [6, 6.07) is 15.7. The zero-order chi connectivity index (χ0) is 22.4. The maximum atomic E-state index is 10.7. The highest BCUT2D eigenvalue weighted by Gasteiger charge is 2.56. The summed E-state index contributed by atoms with van der Waals surface area (Å²) in [6.45, 7) is 0. The Balaban J connectivity index is 1.38. The molecule has 6 nitrogen and oxygen atoms in total. The van der Waals surface area contributed by atoms with E-state index >= 15 is 0 Å². The Morgan fingerprint density at radius 1 is 0.548 bits per heavy atom. The van der Waals surface area contributed by atoms with Crippen LogP contribution in [0.15, 0.2) is 48.5 Å². The number of rotatable bonds is 6. The lowest BCUT2D eigenvalue weighted by atomic mass is 9.57. The van der Waals surface area contributed by atoms with Crippen LogP contribution in [0.25, 0.3) is 0 Å². The van der Waals surface area contributed by atoms with Crippen LogP contribution >= 0.6 is 0 Å². The van der Waals surface area contributed by atoms with E-state index in [4.69, 9.17) is 0 Å². The van der Waals surface area contributed by atoms with Gasteiger partial charge in [-0.05, 0) is 41.8 Å². The predicted octanol–water partition coefficient (Wildman–Crippen LogP) is 1.78. The second-order valence-electron chi connectivity index (χ2n) is 9.55. The molecule has 2 aliphatic carbocycles. The first-order valence-corrected chi connectivity index (χ1v) is 11.0. The highest BCUT2D eigenvalue weighted by atomic mass is 16.3. The third-order valence-corrected chi connectivity index (χ3v) is 7.36. The number of anilines is 2. The van der Waals surface area contributed by atoms with Crippen molar-refractivity contribution in [1.29, 1.82) is 0 Å². The fraction of sp³-hybridized carbons (Fsp3) is 0.520. The Kier molecular flexibility index (Phi) is 6.01. The lowest BCUT2D eigenvalue weighted by molar-refractivity contribution is -0.169. The van der Waals surface area contributed by atoms with Gasteiger partial charge >= 0.3 is 0 Å². The minimum atomic E-state index is -0.682. The predicted molar refractivity (Wildman–Crippen MR) is 123 cm³/mol. The molecular formula is C25H34N2O4. The molecule has 0 bridgehead atoms. The SMILES string of the molecule is CN(C)c1ccc(C2C(O)C(CC3C(O)C(c4ccc(N(C)C)cc4)C3O)C2O)cc1. The molecule has 4 rings (SSSR count). The van der Waals surface area contributed by atoms with E-state index in [1.54, 1.807) is 0 Å². The Bertz CT molecular complexity index is 790. The molecule has 4 N–H and O–H groups in total. The Labute approximate surface area is 184 Å². The smallest absolute Gasteiger partial charge is 0.0686 e. The van der Waals surface area contributed by atoms with Gasteiger partial charge < -0.3 is 30.2 Å². The molecule has 0 aromatic heterocycles. The normalized spacial score (nSPS) is 34.6. The largest absolute Gasteiger partial charge is 0.392 e. The lowest BCUT2D eigenvalue weighted by Crippen LogP contribution is -2.59. The Morgan fingerprint density at radius 2 is 0.839 bits per heavy atom. The van der Waals surface area contributed by atoms with Crippen molar-refractivity contribution in [3.05, 3.63) is 59.7 Å². The molecule has 4 atom stereocenters. The van der Waals surface area contributed by atoms with Crippen LogP contribution in [0.5, 0.6) is 0 Å². The molecule has 0 aliphatic heterocycles. The first-order chi connectivity index (χ1) is 14.7. The van der Waals surface area contributed by atoms with Gasteiger partial charge in [0.05, 0.1) is 24.4 Å². The molecule has 2 aromatic rings. The van der Waals surface area contributed by atoms with Crippen LogP contribution in [-0.4, -0.2) is 73.0 Å². The van der Waals surface area contributed by atoms with E-state index in [0.717, 1.165) is 22.5 Å². The summed E-state index contributed by atoms with van der Waals surface area (Å²) in [6.07, 6.45) is -2.32. The summed E-state index contributed by atoms with van der Waals surface area (Å²) >= 11 is 0. The molecule has 31 heavy (non-hydrogen) atoms. The lowest BCUT2D eigenvalue weighted by Gasteiger charge is -2.53. The molecule has 2 saturated carbocycles. The third kappa shape index (κ3) is 3.82. The van der Waals surface area contributed by atoms with Gasteiger partial charge in [-0.2, -0.15) is 0 Å². The summed E-state index contributed by atoms with van der Waals surface area (Å²) in [7, 11) is 7.88.